The Morgan fingerprint density at radius 2 is 1.72 bits per heavy atom. The van der Waals surface area contributed by atoms with Crippen LogP contribution in [0.15, 0.2) is 34.8 Å². The number of halogens is 4. The summed E-state index contributed by atoms with van der Waals surface area (Å²) in [6, 6.07) is 7.64. The number of hydrogen-bond acceptors (Lipinski definition) is 2. The number of anilines is 3. The van der Waals surface area contributed by atoms with E-state index in [-0.39, 0.29) is 5.82 Å². The van der Waals surface area contributed by atoms with Gasteiger partial charge in [-0.15, -0.1) is 0 Å². The van der Waals surface area contributed by atoms with Crippen LogP contribution < -0.4 is 11.1 Å². The second kappa shape index (κ2) is 5.34. The van der Waals surface area contributed by atoms with Gasteiger partial charge in [-0.25, -0.2) is 4.39 Å². The highest BCUT2D eigenvalue weighted by Gasteiger charge is 2.08. The maximum Gasteiger partial charge on any atom is 0.146 e. The lowest BCUT2D eigenvalue weighted by Crippen LogP contribution is -1.98. The summed E-state index contributed by atoms with van der Waals surface area (Å²) in [6.07, 6.45) is 0. The smallest absolute Gasteiger partial charge is 0.146 e. The van der Waals surface area contributed by atoms with Gasteiger partial charge >= 0.3 is 0 Å². The molecule has 0 saturated carbocycles. The molecule has 0 unspecified atom stereocenters. The SMILES string of the molecule is Nc1cc(Cl)c(Cl)cc1Nc1cc(Br)ccc1F. The van der Waals surface area contributed by atoms with Crippen LogP contribution in [-0.4, -0.2) is 0 Å². The third kappa shape index (κ3) is 2.88. The Bertz CT molecular complexity index is 605. The highest BCUT2D eigenvalue weighted by molar-refractivity contribution is 9.10. The van der Waals surface area contributed by atoms with Gasteiger partial charge in [0.2, 0.25) is 0 Å². The van der Waals surface area contributed by atoms with Gasteiger partial charge in [-0.1, -0.05) is 39.1 Å². The highest BCUT2D eigenvalue weighted by Crippen LogP contribution is 2.33. The van der Waals surface area contributed by atoms with E-state index in [0.717, 1.165) is 4.47 Å². The van der Waals surface area contributed by atoms with Crippen LogP contribution in [0.25, 0.3) is 0 Å². The van der Waals surface area contributed by atoms with Crippen molar-refractivity contribution in [3.05, 3.63) is 50.7 Å². The van der Waals surface area contributed by atoms with Crippen LogP contribution in [0.2, 0.25) is 10.0 Å². The zero-order valence-electron chi connectivity index (χ0n) is 8.98. The van der Waals surface area contributed by atoms with Crippen molar-refractivity contribution in [3.8, 4) is 0 Å². The lowest BCUT2D eigenvalue weighted by molar-refractivity contribution is 0.631. The first-order valence-electron chi connectivity index (χ1n) is 4.94. The molecule has 2 aromatic carbocycles. The fourth-order valence-electron chi connectivity index (χ4n) is 1.41. The Kier molecular flexibility index (Phi) is 4.00. The monoisotopic (exact) mass is 348 g/mol. The number of hydrogen-bond donors (Lipinski definition) is 2. The second-order valence-corrected chi connectivity index (χ2v) is 5.33. The Hall–Kier alpha value is -0.970. The highest BCUT2D eigenvalue weighted by atomic mass is 79.9. The largest absolute Gasteiger partial charge is 0.397 e. The molecule has 0 heterocycles. The Morgan fingerprint density at radius 3 is 2.44 bits per heavy atom. The van der Waals surface area contributed by atoms with Gasteiger partial charge in [0.1, 0.15) is 5.82 Å². The van der Waals surface area contributed by atoms with Gasteiger partial charge < -0.3 is 11.1 Å². The molecule has 94 valence electrons. The molecule has 0 spiro atoms. The standard InChI is InChI=1S/C12H8BrCl2FN2/c13-6-1-2-9(16)11(3-6)18-12-5-8(15)7(14)4-10(12)17/h1-5,18H,17H2. The van der Waals surface area contributed by atoms with Crippen LogP contribution in [-0.2, 0) is 0 Å². The number of nitrogen functional groups attached to an aromatic ring is 1. The van der Waals surface area contributed by atoms with E-state index in [4.69, 9.17) is 28.9 Å². The van der Waals surface area contributed by atoms with Crippen molar-refractivity contribution < 1.29 is 4.39 Å². The third-order valence-corrected chi connectivity index (χ3v) is 3.51. The van der Waals surface area contributed by atoms with Crippen molar-refractivity contribution >= 4 is 56.2 Å². The minimum absolute atomic E-state index is 0.300. The quantitative estimate of drug-likeness (QED) is 0.729. The molecule has 0 saturated heterocycles. The van der Waals surface area contributed by atoms with Crippen molar-refractivity contribution in [3.63, 3.8) is 0 Å². The zero-order chi connectivity index (χ0) is 13.3. The molecule has 18 heavy (non-hydrogen) atoms. The molecule has 0 aliphatic rings. The van der Waals surface area contributed by atoms with E-state index < -0.39 is 0 Å². The normalized spacial score (nSPS) is 10.4. The molecule has 0 aliphatic heterocycles. The molecule has 0 radical (unpaired) electrons. The summed E-state index contributed by atoms with van der Waals surface area (Å²) in [5, 5.41) is 3.58. The maximum atomic E-state index is 13.6. The predicted molar refractivity (Wildman–Crippen MR) is 78.3 cm³/mol. The molecule has 0 aliphatic carbocycles. The van der Waals surface area contributed by atoms with E-state index in [1.807, 2.05) is 0 Å². The van der Waals surface area contributed by atoms with Gasteiger partial charge in [-0.3, -0.25) is 0 Å². The summed E-state index contributed by atoms with van der Waals surface area (Å²) in [4.78, 5) is 0. The Morgan fingerprint density at radius 1 is 1.06 bits per heavy atom. The molecule has 2 nitrogen and oxygen atoms in total. The molecule has 0 aromatic heterocycles. The molecular formula is C12H8BrCl2FN2. The minimum atomic E-state index is -0.385. The number of nitrogens with one attached hydrogen (secondary N) is 1. The first kappa shape index (κ1) is 13.5. The molecule has 0 amide bonds. The van der Waals surface area contributed by atoms with Crippen molar-refractivity contribution in [2.24, 2.45) is 0 Å². The van der Waals surface area contributed by atoms with Gasteiger partial charge in [0.25, 0.3) is 0 Å². The van der Waals surface area contributed by atoms with Gasteiger partial charge in [0.15, 0.2) is 0 Å². The summed E-state index contributed by atoms with van der Waals surface area (Å²) < 4.78 is 14.3. The van der Waals surface area contributed by atoms with Crippen molar-refractivity contribution in [1.82, 2.24) is 0 Å². The van der Waals surface area contributed by atoms with Crippen molar-refractivity contribution in [1.29, 1.82) is 0 Å². The lowest BCUT2D eigenvalue weighted by Gasteiger charge is -2.11. The lowest BCUT2D eigenvalue weighted by atomic mass is 10.2. The molecule has 6 heteroatoms. The van der Waals surface area contributed by atoms with Gasteiger partial charge in [0.05, 0.1) is 27.1 Å². The Labute approximate surface area is 122 Å². The van der Waals surface area contributed by atoms with E-state index in [1.165, 1.54) is 12.1 Å². The molecular weight excluding hydrogens is 342 g/mol. The summed E-state index contributed by atoms with van der Waals surface area (Å²) >= 11 is 15.0. The third-order valence-electron chi connectivity index (χ3n) is 2.29. The summed E-state index contributed by atoms with van der Waals surface area (Å²) in [7, 11) is 0. The predicted octanol–water partition coefficient (Wildman–Crippen LogP) is 5.22. The maximum absolute atomic E-state index is 13.6. The molecule has 0 atom stereocenters. The average molecular weight is 350 g/mol. The number of nitrogens with two attached hydrogens (primary N) is 1. The number of rotatable bonds is 2. The van der Waals surface area contributed by atoms with Gasteiger partial charge in [0, 0.05) is 4.47 Å². The fraction of sp³-hybridized carbons (Fsp3) is 0. The average Bonchev–Trinajstić information content (AvgIpc) is 2.30. The minimum Gasteiger partial charge on any atom is -0.397 e. The molecule has 2 rings (SSSR count). The fourth-order valence-corrected chi connectivity index (χ4v) is 2.11. The summed E-state index contributed by atoms with van der Waals surface area (Å²) in [5.74, 6) is -0.385. The molecule has 3 N–H and O–H groups in total. The summed E-state index contributed by atoms with van der Waals surface area (Å²) in [5.41, 5.74) is 6.98. The van der Waals surface area contributed by atoms with E-state index >= 15 is 0 Å². The van der Waals surface area contributed by atoms with Crippen LogP contribution >= 0.6 is 39.1 Å². The van der Waals surface area contributed by atoms with E-state index in [9.17, 15) is 4.39 Å². The summed E-state index contributed by atoms with van der Waals surface area (Å²) in [6.45, 7) is 0. The van der Waals surface area contributed by atoms with E-state index in [1.54, 1.807) is 18.2 Å². The van der Waals surface area contributed by atoms with Crippen LogP contribution in [0.3, 0.4) is 0 Å². The Balaban J connectivity index is 2.40. The molecule has 0 bridgehead atoms. The van der Waals surface area contributed by atoms with Crippen molar-refractivity contribution in [2.75, 3.05) is 11.1 Å². The van der Waals surface area contributed by atoms with Gasteiger partial charge in [-0.2, -0.15) is 0 Å². The van der Waals surface area contributed by atoms with Gasteiger partial charge in [-0.05, 0) is 30.3 Å². The second-order valence-electron chi connectivity index (χ2n) is 3.60. The van der Waals surface area contributed by atoms with Crippen LogP contribution in [0.1, 0.15) is 0 Å². The topological polar surface area (TPSA) is 38.0 Å². The first-order chi connectivity index (χ1) is 8.47. The first-order valence-corrected chi connectivity index (χ1v) is 6.49. The molecule has 2 aromatic rings. The van der Waals surface area contributed by atoms with Crippen LogP contribution in [0.4, 0.5) is 21.5 Å². The van der Waals surface area contributed by atoms with Crippen LogP contribution in [0.5, 0.6) is 0 Å². The molecule has 0 fully saturated rings. The zero-order valence-corrected chi connectivity index (χ0v) is 12.1. The van der Waals surface area contributed by atoms with Crippen molar-refractivity contribution in [2.45, 2.75) is 0 Å². The van der Waals surface area contributed by atoms with E-state index in [0.29, 0.717) is 27.1 Å². The van der Waals surface area contributed by atoms with Crippen LogP contribution in [0, 0.1) is 5.82 Å². The van der Waals surface area contributed by atoms with E-state index in [2.05, 4.69) is 21.2 Å². The number of benzene rings is 2.